The van der Waals surface area contributed by atoms with Gasteiger partial charge in [-0.05, 0) is 99.5 Å². The van der Waals surface area contributed by atoms with Crippen LogP contribution in [0.1, 0.15) is 16.0 Å². The van der Waals surface area contributed by atoms with Crippen LogP contribution in [0.25, 0.3) is 57.5 Å². The maximum Gasteiger partial charge on any atom is 0.0748 e. The molecule has 0 aromatic carbocycles. The van der Waals surface area contributed by atoms with Crippen LogP contribution in [0.15, 0.2) is 12.1 Å². The van der Waals surface area contributed by atoms with Crippen LogP contribution in [0.2, 0.25) is 0 Å². The van der Waals surface area contributed by atoms with Gasteiger partial charge in [-0.15, -0.1) is 90.7 Å². The largest absolute Gasteiger partial charge is 0.138 e. The Balaban J connectivity index is 0.000000191. The van der Waals surface area contributed by atoms with E-state index >= 15 is 0 Å². The lowest BCUT2D eigenvalue weighted by molar-refractivity contribution is 1.59. The van der Waals surface area contributed by atoms with Crippen molar-refractivity contribution in [3.05, 3.63) is 28.1 Å². The number of rotatable bonds is 12. The average molecular weight is 2050 g/mol. The van der Waals surface area contributed by atoms with E-state index in [2.05, 4.69) is 231 Å². The van der Waals surface area contributed by atoms with E-state index in [0.29, 0.717) is 0 Å². The van der Waals surface area contributed by atoms with E-state index in [1.807, 2.05) is 0 Å². The molecule has 0 radical (unpaired) electrons. The summed E-state index contributed by atoms with van der Waals surface area (Å²) in [6.07, 6.45) is -9.47. The summed E-state index contributed by atoms with van der Waals surface area (Å²) >= 11 is 33.6. The van der Waals surface area contributed by atoms with E-state index < -0.39 is 55.5 Å². The third-order valence-electron chi connectivity index (χ3n) is 7.81. The second kappa shape index (κ2) is 24.1. The van der Waals surface area contributed by atoms with Gasteiger partial charge in [0.25, 0.3) is 0 Å². The van der Waals surface area contributed by atoms with Gasteiger partial charge in [-0.25, -0.2) is 0 Å². The fraction of sp³-hybridized carbons (Fsp3) is 0.103. The molecule has 0 aliphatic carbocycles. The molecule has 9 atom stereocenters. The van der Waals surface area contributed by atoms with Gasteiger partial charge < -0.3 is 0 Å². The molecule has 8 aromatic rings. The van der Waals surface area contributed by atoms with Crippen LogP contribution in [0.5, 0.6) is 0 Å². The lowest BCUT2D eigenvalue weighted by Crippen LogP contribution is -2.04. The molecule has 8 heterocycles. The molecule has 0 nitrogen and oxygen atoms in total. The summed E-state index contributed by atoms with van der Waals surface area (Å²) < 4.78 is 86.4. The first-order valence-electron chi connectivity index (χ1n) is 18.5. The standard InChI is InChI=1S/C16H12I4P4S4.C13H8I5P5S4/c1-5-3-8(25-15(5)23-19)13-10(22-18)14-12(28-13)6(2)11(27-14)9-4-7(21-17)16(24-20)26-9;1-2-3(19-14)7-8(24-2)4(20-15)9(25-7)10-5(21-16)11-12(26-10)6(22-17)13(23-18)27-11/h3-4,21-24H,1-2H3;19-23H,1H3/i21D,22D,23D,24D;19D,20D,21D,22D,23D. The van der Waals surface area contributed by atoms with Crippen molar-refractivity contribution in [2.45, 2.75) is 20.8 Å². The summed E-state index contributed by atoms with van der Waals surface area (Å²) in [6, 6.07) is 4.36. The van der Waals surface area contributed by atoms with Gasteiger partial charge in [-0.1, -0.05) is 198 Å². The lowest BCUT2D eigenvalue weighted by Gasteiger charge is -2.02. The highest BCUT2D eigenvalue weighted by Crippen LogP contribution is 2.52. The molecule has 0 aliphatic heterocycles. The zero-order valence-corrected chi connectivity index (χ0v) is 60.8. The van der Waals surface area contributed by atoms with E-state index in [1.165, 1.54) is 44.9 Å². The Labute approximate surface area is 497 Å². The molecule has 0 amide bonds. The van der Waals surface area contributed by atoms with Crippen molar-refractivity contribution in [2.75, 3.05) is 0 Å². The summed E-state index contributed by atoms with van der Waals surface area (Å²) in [4.78, 5) is 8.20. The molecule has 292 valence electrons. The molecule has 0 fully saturated rings. The van der Waals surface area contributed by atoms with Crippen LogP contribution in [0.4, 0.5) is 0 Å². The number of hydrogen-bond donors (Lipinski definition) is 0. The van der Waals surface area contributed by atoms with Gasteiger partial charge >= 0.3 is 0 Å². The summed E-state index contributed by atoms with van der Waals surface area (Å²) in [6.45, 7) is 6.36. The van der Waals surface area contributed by atoms with Crippen LogP contribution in [-0.4, -0.2) is 11.5 Å². The van der Waals surface area contributed by atoms with Crippen molar-refractivity contribution in [3.8, 4) is 29.3 Å². The molecule has 0 spiro atoms. The van der Waals surface area contributed by atoms with E-state index in [4.69, 9.17) is 11.5 Å². The molecular formula is C29H20I9P9S8. The molecule has 26 heteroatoms. The van der Waals surface area contributed by atoms with Crippen molar-refractivity contribution >= 4 is 418 Å². The van der Waals surface area contributed by atoms with Crippen LogP contribution in [-0.2, 0) is 0 Å². The minimum absolute atomic E-state index is 0.902. The van der Waals surface area contributed by atoms with Crippen LogP contribution >= 0.6 is 345 Å². The third kappa shape index (κ3) is 10.8. The normalized spacial score (nSPS) is 19.5. The summed E-state index contributed by atoms with van der Waals surface area (Å²) in [5, 5.41) is 6.46. The van der Waals surface area contributed by atoms with Crippen molar-refractivity contribution in [3.63, 3.8) is 0 Å². The quantitative estimate of drug-likeness (QED) is 0.0845. The predicted molar refractivity (Wildman–Crippen MR) is 377 cm³/mol. The Hall–Kier alpha value is 8.82. The Kier molecular flexibility index (Phi) is 17.8. The van der Waals surface area contributed by atoms with Crippen LogP contribution in [0.3, 0.4) is 0 Å². The summed E-state index contributed by atoms with van der Waals surface area (Å²) in [7, 11) is 0. The van der Waals surface area contributed by atoms with Gasteiger partial charge in [-0.3, -0.25) is 0 Å². The number of hydrogen-bond acceptors (Lipinski definition) is 8. The molecule has 0 N–H and O–H groups in total. The first-order chi connectivity index (χ1) is 30.0. The smallest absolute Gasteiger partial charge is 0.0748 e. The minimum Gasteiger partial charge on any atom is -0.138 e. The highest BCUT2D eigenvalue weighted by atomic mass is 127. The first-order valence-corrected chi connectivity index (χ1v) is 54.1. The van der Waals surface area contributed by atoms with Gasteiger partial charge in [0.15, 0.2) is 0 Å². The van der Waals surface area contributed by atoms with E-state index in [-0.39, 0.29) is 0 Å². The molecule has 0 bridgehead atoms. The zero-order chi connectivity index (χ0) is 47.1. The van der Waals surface area contributed by atoms with Crippen LogP contribution < -0.4 is 45.7 Å². The lowest BCUT2D eigenvalue weighted by atomic mass is 10.2. The van der Waals surface area contributed by atoms with E-state index in [0.717, 1.165) is 74.2 Å². The number of fused-ring (bicyclic) bond motifs is 3. The Morgan fingerprint density at radius 2 is 0.855 bits per heavy atom. The number of thiophene rings is 8. The molecule has 8 aromatic heterocycles. The van der Waals surface area contributed by atoms with E-state index in [1.54, 1.807) is 90.7 Å². The molecule has 0 saturated carbocycles. The number of aryl methyl sites for hydroxylation is 3. The van der Waals surface area contributed by atoms with Crippen molar-refractivity contribution < 1.29 is 0 Å². The van der Waals surface area contributed by atoms with E-state index in [9.17, 15) is 0 Å². The van der Waals surface area contributed by atoms with Crippen molar-refractivity contribution in [1.82, 2.24) is 0 Å². The van der Waals surface area contributed by atoms with Crippen molar-refractivity contribution in [2.24, 2.45) is 0 Å². The predicted octanol–water partition coefficient (Wildman–Crippen LogP) is 19.1. The SMILES string of the molecule is [2H]P(I)c1cc(-c2sc3c(P([2H])I)c(-c4cc(C)c(P([2H])I)s4)sc3c2C)sc1P([2H])I.[2H]P(I)c1sc2c(P([2H])I)c(-c3sc4c(P([2H])I)c(C)sc4c3P([2H])I)sc2c1P([2H])I. The maximum atomic E-state index is 8.74. The molecule has 9 unspecified atom stereocenters. The second-order valence-corrected chi connectivity index (χ2v) is 38.7. The van der Waals surface area contributed by atoms with Gasteiger partial charge in [-0.2, -0.15) is 0 Å². The topological polar surface area (TPSA) is 0 Å². The fourth-order valence-electron chi connectivity index (χ4n) is 5.39. The Morgan fingerprint density at radius 3 is 1.38 bits per heavy atom. The maximum absolute atomic E-state index is 8.74. The molecule has 0 aliphatic rings. The second-order valence-electron chi connectivity index (χ2n) is 10.8. The first kappa shape index (κ1) is 40.5. The minimum atomic E-state index is -1.17. The third-order valence-corrected chi connectivity index (χ3v) is 42.6. The zero-order valence-electron chi connectivity index (χ0n) is 35.8. The Morgan fingerprint density at radius 1 is 0.400 bits per heavy atom. The van der Waals surface area contributed by atoms with Gasteiger partial charge in [0.2, 0.25) is 0 Å². The highest BCUT2D eigenvalue weighted by Gasteiger charge is 2.27. The molecule has 0 saturated heterocycles. The average Bonchev–Trinajstić information content (AvgIpc) is 4.03. The Bertz CT molecular complexity index is 2990. The molecule has 8 rings (SSSR count). The highest BCUT2D eigenvalue weighted by molar-refractivity contribution is 14.2. The number of halogens is 9. The van der Waals surface area contributed by atoms with Gasteiger partial charge in [0.05, 0.1) is 49.6 Å². The van der Waals surface area contributed by atoms with Crippen LogP contribution in [0, 0.1) is 20.8 Å². The van der Waals surface area contributed by atoms with Gasteiger partial charge in [0, 0.05) is 69.9 Å². The summed E-state index contributed by atoms with van der Waals surface area (Å²) in [5.74, 6) is 0. The van der Waals surface area contributed by atoms with Crippen molar-refractivity contribution in [1.29, 1.82) is 11.5 Å². The van der Waals surface area contributed by atoms with Gasteiger partial charge in [0.1, 0.15) is 0 Å². The molecular weight excluding hydrogens is 2030 g/mol. The monoisotopic (exact) mass is 2050 g/mol. The molecule has 55 heavy (non-hydrogen) atoms. The summed E-state index contributed by atoms with van der Waals surface area (Å²) in [5.41, 5.74) is 2.45. The fourth-order valence-corrected chi connectivity index (χ4v) is 44.6.